The third kappa shape index (κ3) is 4.48. The lowest BCUT2D eigenvalue weighted by Gasteiger charge is -2.15. The van der Waals surface area contributed by atoms with E-state index in [-0.39, 0.29) is 12.8 Å². The third-order valence-corrected chi connectivity index (χ3v) is 3.12. The average molecular weight is 287 g/mol. The van der Waals surface area contributed by atoms with Gasteiger partial charge in [-0.25, -0.2) is 0 Å². The second-order valence-electron chi connectivity index (χ2n) is 4.79. The number of hydrogen-bond acceptors (Lipinski definition) is 4. The highest BCUT2D eigenvalue weighted by Gasteiger charge is 2.09. The van der Waals surface area contributed by atoms with Gasteiger partial charge in [-0.1, -0.05) is 36.4 Å². The van der Waals surface area contributed by atoms with Crippen LogP contribution in [0.4, 0.5) is 0 Å². The van der Waals surface area contributed by atoms with Crippen molar-refractivity contribution in [2.24, 2.45) is 5.73 Å². The maximum absolute atomic E-state index is 5.94. The molecule has 1 unspecified atom stereocenters. The lowest BCUT2D eigenvalue weighted by Crippen LogP contribution is -2.10. The molecule has 0 saturated carbocycles. The van der Waals surface area contributed by atoms with Crippen LogP contribution in [0.25, 0.3) is 0 Å². The Labute approximate surface area is 125 Å². The lowest BCUT2D eigenvalue weighted by molar-refractivity contribution is 0.00432. The summed E-state index contributed by atoms with van der Waals surface area (Å²) in [5, 5.41) is 0. The largest absolute Gasteiger partial charge is 0.497 e. The highest BCUT2D eigenvalue weighted by atomic mass is 16.7. The van der Waals surface area contributed by atoms with Crippen molar-refractivity contribution in [3.63, 3.8) is 0 Å². The minimum absolute atomic E-state index is 0.111. The topological polar surface area (TPSA) is 53.7 Å². The number of hydrogen-bond donors (Lipinski definition) is 1. The highest BCUT2D eigenvalue weighted by Crippen LogP contribution is 2.28. The van der Waals surface area contributed by atoms with E-state index in [1.807, 2.05) is 55.5 Å². The first kappa shape index (κ1) is 15.4. The minimum Gasteiger partial charge on any atom is -0.497 e. The zero-order chi connectivity index (χ0) is 15.1. The van der Waals surface area contributed by atoms with Gasteiger partial charge in [0.15, 0.2) is 6.79 Å². The fourth-order valence-electron chi connectivity index (χ4n) is 1.98. The Balaban J connectivity index is 1.92. The predicted molar refractivity (Wildman–Crippen MR) is 82.3 cm³/mol. The molecular formula is C17H21NO3. The van der Waals surface area contributed by atoms with E-state index in [4.69, 9.17) is 19.9 Å². The molecule has 0 amide bonds. The average Bonchev–Trinajstić information content (AvgIpc) is 2.52. The summed E-state index contributed by atoms with van der Waals surface area (Å²) in [5.74, 6) is 1.43. The van der Waals surface area contributed by atoms with Gasteiger partial charge in [0.2, 0.25) is 0 Å². The molecule has 112 valence electrons. The van der Waals surface area contributed by atoms with Crippen LogP contribution in [0.1, 0.15) is 24.1 Å². The van der Waals surface area contributed by atoms with E-state index >= 15 is 0 Å². The molecule has 2 rings (SSSR count). The van der Waals surface area contributed by atoms with Gasteiger partial charge >= 0.3 is 0 Å². The summed E-state index contributed by atoms with van der Waals surface area (Å²) in [6.45, 7) is 2.60. The van der Waals surface area contributed by atoms with E-state index < -0.39 is 0 Å². The van der Waals surface area contributed by atoms with Gasteiger partial charge < -0.3 is 19.9 Å². The van der Waals surface area contributed by atoms with Gasteiger partial charge in [-0.05, 0) is 18.6 Å². The third-order valence-electron chi connectivity index (χ3n) is 3.12. The summed E-state index contributed by atoms with van der Waals surface area (Å²) < 4.78 is 16.4. The van der Waals surface area contributed by atoms with Crippen LogP contribution in [-0.2, 0) is 11.3 Å². The lowest BCUT2D eigenvalue weighted by atomic mass is 10.1. The molecule has 2 aromatic rings. The van der Waals surface area contributed by atoms with E-state index in [9.17, 15) is 0 Å². The maximum atomic E-state index is 5.94. The normalized spacial score (nSPS) is 12.0. The first-order valence-corrected chi connectivity index (χ1v) is 6.88. The zero-order valence-corrected chi connectivity index (χ0v) is 12.4. The van der Waals surface area contributed by atoms with Crippen molar-refractivity contribution in [1.29, 1.82) is 0 Å². The maximum Gasteiger partial charge on any atom is 0.189 e. The van der Waals surface area contributed by atoms with Crippen molar-refractivity contribution < 1.29 is 14.2 Å². The van der Waals surface area contributed by atoms with Crippen molar-refractivity contribution in [2.45, 2.75) is 19.6 Å². The van der Waals surface area contributed by atoms with Crippen LogP contribution in [-0.4, -0.2) is 13.9 Å². The van der Waals surface area contributed by atoms with Gasteiger partial charge in [0.05, 0.1) is 13.7 Å². The van der Waals surface area contributed by atoms with Crippen LogP contribution in [0.15, 0.2) is 48.5 Å². The quantitative estimate of drug-likeness (QED) is 0.627. The van der Waals surface area contributed by atoms with Gasteiger partial charge in [0.1, 0.15) is 11.5 Å². The Bertz CT molecular complexity index is 555. The summed E-state index contributed by atoms with van der Waals surface area (Å²) in [5.41, 5.74) is 7.98. The molecule has 4 nitrogen and oxygen atoms in total. The van der Waals surface area contributed by atoms with Crippen molar-refractivity contribution >= 4 is 0 Å². The van der Waals surface area contributed by atoms with E-state index in [0.29, 0.717) is 12.4 Å². The van der Waals surface area contributed by atoms with E-state index in [1.54, 1.807) is 7.11 Å². The summed E-state index contributed by atoms with van der Waals surface area (Å²) in [4.78, 5) is 0. The van der Waals surface area contributed by atoms with Gasteiger partial charge in [-0.2, -0.15) is 0 Å². The van der Waals surface area contributed by atoms with Crippen molar-refractivity contribution in [2.75, 3.05) is 13.9 Å². The number of rotatable bonds is 7. The Morgan fingerprint density at radius 3 is 2.52 bits per heavy atom. The standard InChI is InChI=1S/C17H21NO3/c1-13(18)16-9-8-15(19-2)10-17(16)21-12-20-11-14-6-4-3-5-7-14/h3-10,13H,11-12,18H2,1-2H3. The van der Waals surface area contributed by atoms with Crippen LogP contribution < -0.4 is 15.2 Å². The Hall–Kier alpha value is -2.04. The smallest absolute Gasteiger partial charge is 0.189 e. The molecule has 0 saturated heterocycles. The van der Waals surface area contributed by atoms with E-state index in [0.717, 1.165) is 16.9 Å². The Kier molecular flexibility index (Phi) is 5.60. The molecule has 2 aromatic carbocycles. The molecule has 2 N–H and O–H groups in total. The van der Waals surface area contributed by atoms with E-state index in [2.05, 4.69) is 0 Å². The van der Waals surface area contributed by atoms with Crippen LogP contribution in [0.5, 0.6) is 11.5 Å². The summed E-state index contributed by atoms with van der Waals surface area (Å²) >= 11 is 0. The number of ether oxygens (including phenoxy) is 3. The second kappa shape index (κ2) is 7.67. The van der Waals surface area contributed by atoms with Crippen molar-refractivity contribution in [3.05, 3.63) is 59.7 Å². The van der Waals surface area contributed by atoms with Crippen LogP contribution in [0, 0.1) is 0 Å². The molecule has 0 aliphatic carbocycles. The Morgan fingerprint density at radius 1 is 1.10 bits per heavy atom. The molecule has 0 fully saturated rings. The monoisotopic (exact) mass is 287 g/mol. The van der Waals surface area contributed by atoms with Crippen LogP contribution in [0.2, 0.25) is 0 Å². The fourth-order valence-corrected chi connectivity index (χ4v) is 1.98. The zero-order valence-electron chi connectivity index (χ0n) is 12.4. The SMILES string of the molecule is COc1ccc(C(C)N)c(OCOCc2ccccc2)c1. The number of benzene rings is 2. The molecule has 0 aromatic heterocycles. The van der Waals surface area contributed by atoms with Crippen LogP contribution >= 0.6 is 0 Å². The molecule has 0 aliphatic heterocycles. The van der Waals surface area contributed by atoms with E-state index in [1.165, 1.54) is 0 Å². The first-order chi connectivity index (χ1) is 10.2. The Morgan fingerprint density at radius 2 is 1.86 bits per heavy atom. The number of methoxy groups -OCH3 is 1. The van der Waals surface area contributed by atoms with Gasteiger partial charge in [-0.3, -0.25) is 0 Å². The summed E-state index contributed by atoms with van der Waals surface area (Å²) in [6, 6.07) is 15.5. The van der Waals surface area contributed by atoms with Gasteiger partial charge in [-0.15, -0.1) is 0 Å². The molecule has 0 bridgehead atoms. The molecule has 0 radical (unpaired) electrons. The summed E-state index contributed by atoms with van der Waals surface area (Å²) in [6.07, 6.45) is 0. The highest BCUT2D eigenvalue weighted by molar-refractivity contribution is 5.42. The molecule has 0 spiro atoms. The predicted octanol–water partition coefficient (Wildman–Crippen LogP) is 3.27. The van der Waals surface area contributed by atoms with Crippen molar-refractivity contribution in [1.82, 2.24) is 0 Å². The molecule has 21 heavy (non-hydrogen) atoms. The molecule has 4 heteroatoms. The van der Waals surface area contributed by atoms with Gasteiger partial charge in [0, 0.05) is 17.7 Å². The molecular weight excluding hydrogens is 266 g/mol. The van der Waals surface area contributed by atoms with Gasteiger partial charge in [0.25, 0.3) is 0 Å². The molecule has 1 atom stereocenters. The van der Waals surface area contributed by atoms with Crippen molar-refractivity contribution in [3.8, 4) is 11.5 Å². The summed E-state index contributed by atoms with van der Waals surface area (Å²) in [7, 11) is 1.62. The minimum atomic E-state index is -0.111. The first-order valence-electron chi connectivity index (χ1n) is 6.88. The number of nitrogens with two attached hydrogens (primary N) is 1. The fraction of sp³-hybridized carbons (Fsp3) is 0.294. The molecule has 0 heterocycles. The second-order valence-corrected chi connectivity index (χ2v) is 4.79. The van der Waals surface area contributed by atoms with Crippen LogP contribution in [0.3, 0.4) is 0 Å². The molecule has 0 aliphatic rings.